The van der Waals surface area contributed by atoms with E-state index in [1.165, 1.54) is 17.2 Å². The van der Waals surface area contributed by atoms with Crippen LogP contribution in [0.4, 0.5) is 4.39 Å². The van der Waals surface area contributed by atoms with Crippen molar-refractivity contribution in [3.63, 3.8) is 0 Å². The van der Waals surface area contributed by atoms with Crippen LogP contribution in [-0.4, -0.2) is 13.1 Å². The fraction of sp³-hybridized carbons (Fsp3) is 0.294. The third-order valence-electron chi connectivity index (χ3n) is 4.17. The van der Waals surface area contributed by atoms with Crippen molar-refractivity contribution >= 4 is 11.6 Å². The van der Waals surface area contributed by atoms with Crippen molar-refractivity contribution in [1.82, 2.24) is 5.32 Å². The van der Waals surface area contributed by atoms with Gasteiger partial charge in [-0.25, -0.2) is 4.39 Å². The molecule has 2 aromatic rings. The molecule has 0 bridgehead atoms. The zero-order valence-electron chi connectivity index (χ0n) is 11.4. The topological polar surface area (TPSA) is 12.0 Å². The smallest absolute Gasteiger partial charge is 0.141 e. The van der Waals surface area contributed by atoms with Gasteiger partial charge in [-0.15, -0.1) is 0 Å². The van der Waals surface area contributed by atoms with E-state index in [1.807, 2.05) is 6.07 Å². The molecule has 1 heterocycles. The first-order valence-corrected chi connectivity index (χ1v) is 7.19. The minimum atomic E-state index is -0.355. The van der Waals surface area contributed by atoms with E-state index in [4.69, 9.17) is 11.6 Å². The van der Waals surface area contributed by atoms with Gasteiger partial charge in [0.05, 0.1) is 5.02 Å². The van der Waals surface area contributed by atoms with Crippen molar-refractivity contribution in [1.29, 1.82) is 0 Å². The van der Waals surface area contributed by atoms with E-state index >= 15 is 0 Å². The highest BCUT2D eigenvalue weighted by Gasteiger charge is 2.39. The van der Waals surface area contributed by atoms with Gasteiger partial charge in [-0.3, -0.25) is 0 Å². The normalized spacial score (nSPS) is 16.8. The lowest BCUT2D eigenvalue weighted by Crippen LogP contribution is -2.58. The van der Waals surface area contributed by atoms with E-state index < -0.39 is 0 Å². The van der Waals surface area contributed by atoms with Crippen LogP contribution in [0.3, 0.4) is 0 Å². The molecule has 20 heavy (non-hydrogen) atoms. The minimum absolute atomic E-state index is 0.104. The molecular formula is C17H17ClFN. The third kappa shape index (κ3) is 2.34. The van der Waals surface area contributed by atoms with Crippen LogP contribution in [-0.2, 0) is 11.8 Å². The van der Waals surface area contributed by atoms with Crippen LogP contribution < -0.4 is 5.32 Å². The summed E-state index contributed by atoms with van der Waals surface area (Å²) >= 11 is 5.89. The number of hydrogen-bond donors (Lipinski definition) is 1. The molecule has 0 aromatic heterocycles. The highest BCUT2D eigenvalue weighted by Crippen LogP contribution is 2.35. The fourth-order valence-corrected chi connectivity index (χ4v) is 3.25. The van der Waals surface area contributed by atoms with Crippen LogP contribution >= 0.6 is 11.6 Å². The van der Waals surface area contributed by atoms with E-state index in [0.717, 1.165) is 25.1 Å². The van der Waals surface area contributed by atoms with Crippen LogP contribution in [0.5, 0.6) is 0 Å². The Hall–Kier alpha value is -1.38. The van der Waals surface area contributed by atoms with Crippen LogP contribution in [0.15, 0.2) is 42.5 Å². The molecule has 0 aliphatic carbocycles. The number of halogens is 2. The first kappa shape index (κ1) is 13.6. The Morgan fingerprint density at radius 1 is 1.20 bits per heavy atom. The van der Waals surface area contributed by atoms with E-state index in [1.54, 1.807) is 6.07 Å². The third-order valence-corrected chi connectivity index (χ3v) is 4.46. The Kier molecular flexibility index (Phi) is 3.53. The predicted octanol–water partition coefficient (Wildman–Crippen LogP) is 3.87. The van der Waals surface area contributed by atoms with Gasteiger partial charge in [0.25, 0.3) is 0 Å². The summed E-state index contributed by atoms with van der Waals surface area (Å²) in [7, 11) is 0. The molecule has 0 spiro atoms. The summed E-state index contributed by atoms with van der Waals surface area (Å²) in [6.07, 6.45) is 0.880. The standard InChI is InChI=1S/C17H17ClFN/c1-12-4-2-3-5-14(12)17(10-20-11-17)9-13-6-7-16(19)15(18)8-13/h2-8,20H,9-11H2,1H3. The van der Waals surface area contributed by atoms with E-state index in [2.05, 4.69) is 36.5 Å². The first-order chi connectivity index (χ1) is 9.61. The largest absolute Gasteiger partial charge is 0.315 e. The van der Waals surface area contributed by atoms with Crippen LogP contribution in [0.25, 0.3) is 0 Å². The number of nitrogens with one attached hydrogen (secondary N) is 1. The lowest BCUT2D eigenvalue weighted by atomic mass is 9.69. The highest BCUT2D eigenvalue weighted by molar-refractivity contribution is 6.30. The fourth-order valence-electron chi connectivity index (χ4n) is 3.05. The second kappa shape index (κ2) is 5.19. The van der Waals surface area contributed by atoms with Gasteiger partial charge in [0.15, 0.2) is 0 Å². The monoisotopic (exact) mass is 289 g/mol. The Bertz CT molecular complexity index is 635. The molecule has 0 radical (unpaired) electrons. The molecule has 1 nitrogen and oxygen atoms in total. The van der Waals surface area contributed by atoms with Crippen LogP contribution in [0.2, 0.25) is 5.02 Å². The van der Waals surface area contributed by atoms with E-state index in [9.17, 15) is 4.39 Å². The molecule has 1 aliphatic heterocycles. The van der Waals surface area contributed by atoms with Crippen molar-refractivity contribution < 1.29 is 4.39 Å². The number of hydrogen-bond acceptors (Lipinski definition) is 1. The molecule has 1 saturated heterocycles. The summed E-state index contributed by atoms with van der Waals surface area (Å²) in [5.74, 6) is -0.355. The molecule has 3 heteroatoms. The maximum atomic E-state index is 13.3. The van der Waals surface area contributed by atoms with Crippen molar-refractivity contribution in [2.45, 2.75) is 18.8 Å². The Labute approximate surface area is 123 Å². The maximum absolute atomic E-state index is 13.3. The molecule has 2 aromatic carbocycles. The van der Waals surface area contributed by atoms with Gasteiger partial charge in [-0.1, -0.05) is 41.9 Å². The van der Waals surface area contributed by atoms with Crippen molar-refractivity contribution in [3.05, 3.63) is 70.0 Å². The number of rotatable bonds is 3. The summed E-state index contributed by atoms with van der Waals surface area (Å²) in [6, 6.07) is 13.5. The lowest BCUT2D eigenvalue weighted by Gasteiger charge is -2.44. The van der Waals surface area contributed by atoms with Gasteiger partial charge in [0.1, 0.15) is 5.82 Å². The average molecular weight is 290 g/mol. The van der Waals surface area contributed by atoms with Crippen LogP contribution in [0, 0.1) is 12.7 Å². The summed E-state index contributed by atoms with van der Waals surface area (Å²) in [5, 5.41) is 3.57. The summed E-state index contributed by atoms with van der Waals surface area (Å²) in [4.78, 5) is 0. The molecule has 1 N–H and O–H groups in total. The molecule has 104 valence electrons. The zero-order valence-corrected chi connectivity index (χ0v) is 12.2. The average Bonchev–Trinajstić information content (AvgIpc) is 2.39. The van der Waals surface area contributed by atoms with Gasteiger partial charge in [-0.2, -0.15) is 0 Å². The van der Waals surface area contributed by atoms with Crippen molar-refractivity contribution in [2.75, 3.05) is 13.1 Å². The molecule has 0 saturated carbocycles. The second-order valence-corrected chi connectivity index (χ2v) is 6.03. The van der Waals surface area contributed by atoms with Gasteiger partial charge >= 0.3 is 0 Å². The van der Waals surface area contributed by atoms with Crippen molar-refractivity contribution in [3.8, 4) is 0 Å². The molecule has 0 amide bonds. The maximum Gasteiger partial charge on any atom is 0.141 e. The summed E-state index contributed by atoms with van der Waals surface area (Å²) in [6.45, 7) is 4.05. The SMILES string of the molecule is Cc1ccccc1C1(Cc2ccc(F)c(Cl)c2)CNC1. The first-order valence-electron chi connectivity index (χ1n) is 6.81. The van der Waals surface area contributed by atoms with Crippen molar-refractivity contribution in [2.24, 2.45) is 0 Å². The minimum Gasteiger partial charge on any atom is -0.315 e. The zero-order chi connectivity index (χ0) is 14.2. The Balaban J connectivity index is 1.94. The molecule has 0 unspecified atom stereocenters. The molecular weight excluding hydrogens is 273 g/mol. The number of benzene rings is 2. The molecule has 1 aliphatic rings. The molecule has 0 atom stereocenters. The van der Waals surface area contributed by atoms with Gasteiger partial charge in [-0.05, 0) is 42.2 Å². The highest BCUT2D eigenvalue weighted by atomic mass is 35.5. The predicted molar refractivity (Wildman–Crippen MR) is 80.8 cm³/mol. The summed E-state index contributed by atoms with van der Waals surface area (Å²) in [5.41, 5.74) is 3.87. The lowest BCUT2D eigenvalue weighted by molar-refractivity contribution is 0.273. The number of aryl methyl sites for hydroxylation is 1. The van der Waals surface area contributed by atoms with Gasteiger partial charge in [0, 0.05) is 18.5 Å². The quantitative estimate of drug-likeness (QED) is 0.904. The Morgan fingerprint density at radius 2 is 1.95 bits per heavy atom. The molecule has 3 rings (SSSR count). The van der Waals surface area contributed by atoms with Crippen LogP contribution in [0.1, 0.15) is 16.7 Å². The van der Waals surface area contributed by atoms with Gasteiger partial charge in [0.2, 0.25) is 0 Å². The summed E-state index contributed by atoms with van der Waals surface area (Å²) < 4.78 is 13.3. The second-order valence-electron chi connectivity index (χ2n) is 5.62. The van der Waals surface area contributed by atoms with E-state index in [-0.39, 0.29) is 16.3 Å². The Morgan fingerprint density at radius 3 is 2.55 bits per heavy atom. The van der Waals surface area contributed by atoms with Gasteiger partial charge < -0.3 is 5.32 Å². The molecule has 1 fully saturated rings. The van der Waals surface area contributed by atoms with E-state index in [0.29, 0.717) is 0 Å².